The molecule has 1 aliphatic heterocycles. The number of benzene rings is 3. The van der Waals surface area contributed by atoms with Crippen molar-refractivity contribution in [1.29, 1.82) is 0 Å². The van der Waals surface area contributed by atoms with Crippen molar-refractivity contribution in [2.24, 2.45) is 0 Å². The predicted octanol–water partition coefficient (Wildman–Crippen LogP) is 4.43. The molecule has 4 rings (SSSR count). The highest BCUT2D eigenvalue weighted by molar-refractivity contribution is 7.92. The summed E-state index contributed by atoms with van der Waals surface area (Å²) in [5.41, 5.74) is 3.18. The van der Waals surface area contributed by atoms with Gasteiger partial charge in [-0.15, -0.1) is 0 Å². The van der Waals surface area contributed by atoms with Crippen molar-refractivity contribution in [3.05, 3.63) is 88.9 Å². The first-order valence-electron chi connectivity index (χ1n) is 9.60. The van der Waals surface area contributed by atoms with Gasteiger partial charge in [0.25, 0.3) is 10.0 Å². The topological polar surface area (TPSA) is 57.7 Å². The number of sulfonamides is 1. The molecule has 0 unspecified atom stereocenters. The van der Waals surface area contributed by atoms with Crippen LogP contribution in [-0.4, -0.2) is 27.4 Å². The number of amides is 1. The van der Waals surface area contributed by atoms with Gasteiger partial charge in [-0.2, -0.15) is 0 Å². The number of hydrogen-bond donors (Lipinski definition) is 0. The zero-order valence-electron chi connectivity index (χ0n) is 16.5. The molecule has 0 saturated carbocycles. The van der Waals surface area contributed by atoms with E-state index < -0.39 is 10.0 Å². The molecular weight excluding hydrogens is 420 g/mol. The predicted molar refractivity (Wildman–Crippen MR) is 120 cm³/mol. The summed E-state index contributed by atoms with van der Waals surface area (Å²) in [4.78, 5) is 15.0. The summed E-state index contributed by atoms with van der Waals surface area (Å²) >= 11 is 5.93. The first-order chi connectivity index (χ1) is 14.4. The Morgan fingerprint density at radius 3 is 2.40 bits per heavy atom. The molecule has 0 radical (unpaired) electrons. The molecule has 0 aliphatic carbocycles. The van der Waals surface area contributed by atoms with Gasteiger partial charge in [-0.25, -0.2) is 8.42 Å². The molecule has 1 heterocycles. The standard InChI is InChI=1S/C23H21ClN2O3S/c1-17-6-2-4-8-21(17)26(30(28,29)20-12-10-19(24)11-13-20)16-23(27)25-15-14-18-7-3-5-9-22(18)25/h2-13H,14-16H2,1H3. The summed E-state index contributed by atoms with van der Waals surface area (Å²) in [6.45, 7) is 2.08. The molecule has 0 fully saturated rings. The maximum Gasteiger partial charge on any atom is 0.264 e. The van der Waals surface area contributed by atoms with Crippen LogP contribution in [0, 0.1) is 6.92 Å². The first-order valence-corrected chi connectivity index (χ1v) is 11.4. The fourth-order valence-electron chi connectivity index (χ4n) is 3.68. The number of halogens is 1. The fourth-order valence-corrected chi connectivity index (χ4v) is 5.29. The number of fused-ring (bicyclic) bond motifs is 1. The Morgan fingerprint density at radius 2 is 1.67 bits per heavy atom. The second-order valence-corrected chi connectivity index (χ2v) is 9.47. The number of anilines is 2. The molecule has 3 aromatic rings. The van der Waals surface area contributed by atoms with Crippen molar-refractivity contribution in [2.45, 2.75) is 18.2 Å². The number of hydrogen-bond acceptors (Lipinski definition) is 3. The van der Waals surface area contributed by atoms with E-state index in [0.29, 0.717) is 17.3 Å². The number of para-hydroxylation sites is 2. The molecule has 0 spiro atoms. The third-order valence-corrected chi connectivity index (χ3v) is 7.28. The zero-order valence-corrected chi connectivity index (χ0v) is 18.0. The van der Waals surface area contributed by atoms with Crippen molar-refractivity contribution < 1.29 is 13.2 Å². The molecule has 1 amide bonds. The minimum atomic E-state index is -3.97. The number of nitrogens with zero attached hydrogens (tertiary/aromatic N) is 2. The second-order valence-electron chi connectivity index (χ2n) is 7.18. The monoisotopic (exact) mass is 440 g/mol. The van der Waals surface area contributed by atoms with Crippen molar-refractivity contribution in [3.8, 4) is 0 Å². The maximum atomic E-state index is 13.5. The Bertz CT molecular complexity index is 1190. The molecule has 0 bridgehead atoms. The van der Waals surface area contributed by atoms with Crippen LogP contribution in [0.15, 0.2) is 77.7 Å². The molecular formula is C23H21ClN2O3S. The average Bonchev–Trinajstić information content (AvgIpc) is 3.17. The Balaban J connectivity index is 1.73. The largest absolute Gasteiger partial charge is 0.310 e. The van der Waals surface area contributed by atoms with E-state index in [2.05, 4.69) is 0 Å². The lowest BCUT2D eigenvalue weighted by molar-refractivity contribution is -0.117. The van der Waals surface area contributed by atoms with Crippen LogP contribution in [-0.2, 0) is 21.2 Å². The molecule has 5 nitrogen and oxygen atoms in total. The number of carbonyl (C=O) groups excluding carboxylic acids is 1. The van der Waals surface area contributed by atoms with E-state index >= 15 is 0 Å². The summed E-state index contributed by atoms with van der Waals surface area (Å²) in [5.74, 6) is -0.263. The van der Waals surface area contributed by atoms with E-state index in [4.69, 9.17) is 11.6 Å². The van der Waals surface area contributed by atoms with E-state index in [1.807, 2.05) is 43.3 Å². The van der Waals surface area contributed by atoms with Crippen molar-refractivity contribution in [2.75, 3.05) is 22.3 Å². The fraction of sp³-hybridized carbons (Fsp3) is 0.174. The smallest absolute Gasteiger partial charge is 0.264 e. The molecule has 0 saturated heterocycles. The molecule has 0 aromatic heterocycles. The Morgan fingerprint density at radius 1 is 1.00 bits per heavy atom. The third-order valence-electron chi connectivity index (χ3n) is 5.25. The van der Waals surface area contributed by atoms with Crippen LogP contribution < -0.4 is 9.21 Å². The van der Waals surface area contributed by atoms with Gasteiger partial charge in [-0.05, 0) is 60.9 Å². The molecule has 0 atom stereocenters. The van der Waals surface area contributed by atoms with Crippen molar-refractivity contribution in [1.82, 2.24) is 0 Å². The molecule has 154 valence electrons. The van der Waals surface area contributed by atoms with E-state index in [1.54, 1.807) is 17.0 Å². The number of aryl methyl sites for hydroxylation is 1. The van der Waals surface area contributed by atoms with Crippen LogP contribution in [0.2, 0.25) is 5.02 Å². The highest BCUT2D eigenvalue weighted by atomic mass is 35.5. The van der Waals surface area contributed by atoms with Crippen LogP contribution >= 0.6 is 11.6 Å². The van der Waals surface area contributed by atoms with Gasteiger partial charge in [-0.1, -0.05) is 48.0 Å². The van der Waals surface area contributed by atoms with E-state index in [9.17, 15) is 13.2 Å². The van der Waals surface area contributed by atoms with Gasteiger partial charge in [0.2, 0.25) is 5.91 Å². The van der Waals surface area contributed by atoms with E-state index in [0.717, 1.165) is 23.2 Å². The molecule has 0 N–H and O–H groups in total. The lowest BCUT2D eigenvalue weighted by Crippen LogP contribution is -2.43. The average molecular weight is 441 g/mol. The first kappa shape index (κ1) is 20.4. The van der Waals surface area contributed by atoms with E-state index in [1.165, 1.54) is 28.6 Å². The van der Waals surface area contributed by atoms with Gasteiger partial charge >= 0.3 is 0 Å². The van der Waals surface area contributed by atoms with Crippen LogP contribution in [0.4, 0.5) is 11.4 Å². The van der Waals surface area contributed by atoms with Gasteiger partial charge in [0.1, 0.15) is 6.54 Å². The van der Waals surface area contributed by atoms with E-state index in [-0.39, 0.29) is 17.3 Å². The van der Waals surface area contributed by atoms with Crippen LogP contribution in [0.25, 0.3) is 0 Å². The minimum Gasteiger partial charge on any atom is -0.310 e. The third kappa shape index (κ3) is 3.80. The van der Waals surface area contributed by atoms with Gasteiger partial charge < -0.3 is 4.90 Å². The summed E-state index contributed by atoms with van der Waals surface area (Å²) in [6, 6.07) is 20.8. The van der Waals surface area contributed by atoms with Gasteiger partial charge in [0.15, 0.2) is 0 Å². The minimum absolute atomic E-state index is 0.0878. The number of carbonyl (C=O) groups is 1. The lowest BCUT2D eigenvalue weighted by Gasteiger charge is -2.28. The number of rotatable bonds is 5. The molecule has 7 heteroatoms. The summed E-state index contributed by atoms with van der Waals surface area (Å²) in [5, 5.41) is 0.446. The summed E-state index contributed by atoms with van der Waals surface area (Å²) < 4.78 is 28.2. The van der Waals surface area contributed by atoms with Gasteiger partial charge in [-0.3, -0.25) is 9.10 Å². The molecule has 30 heavy (non-hydrogen) atoms. The zero-order chi connectivity index (χ0) is 21.3. The summed E-state index contributed by atoms with van der Waals surface area (Å²) in [6.07, 6.45) is 0.760. The van der Waals surface area contributed by atoms with Crippen molar-refractivity contribution >= 4 is 38.9 Å². The van der Waals surface area contributed by atoms with Crippen LogP contribution in [0.1, 0.15) is 11.1 Å². The van der Waals surface area contributed by atoms with Gasteiger partial charge in [0, 0.05) is 17.3 Å². The SMILES string of the molecule is Cc1ccccc1N(CC(=O)N1CCc2ccccc21)S(=O)(=O)c1ccc(Cl)cc1. The normalized spacial score (nSPS) is 13.2. The maximum absolute atomic E-state index is 13.5. The molecule has 1 aliphatic rings. The van der Waals surface area contributed by atoms with Crippen molar-refractivity contribution in [3.63, 3.8) is 0 Å². The van der Waals surface area contributed by atoms with Crippen LogP contribution in [0.5, 0.6) is 0 Å². The quantitative estimate of drug-likeness (QED) is 0.589. The Hall–Kier alpha value is -2.83. The second kappa shape index (κ2) is 8.13. The highest BCUT2D eigenvalue weighted by Gasteiger charge is 2.32. The Labute approximate surface area is 181 Å². The Kier molecular flexibility index (Phi) is 5.54. The van der Waals surface area contributed by atoms with Crippen LogP contribution in [0.3, 0.4) is 0 Å². The van der Waals surface area contributed by atoms with Gasteiger partial charge in [0.05, 0.1) is 10.6 Å². The lowest BCUT2D eigenvalue weighted by atomic mass is 10.2. The highest BCUT2D eigenvalue weighted by Crippen LogP contribution is 2.30. The molecule has 3 aromatic carbocycles. The summed E-state index contributed by atoms with van der Waals surface area (Å²) in [7, 11) is -3.97.